The van der Waals surface area contributed by atoms with Crippen LogP contribution in [0.25, 0.3) is 0 Å². The van der Waals surface area contributed by atoms with Crippen LogP contribution in [-0.2, 0) is 46.8 Å². The normalized spacial score (nSPS) is 17.6. The van der Waals surface area contributed by atoms with Crippen LogP contribution >= 0.6 is 0 Å². The third kappa shape index (κ3) is 53.8. The summed E-state index contributed by atoms with van der Waals surface area (Å²) in [6, 6.07) is 1.73. The van der Waals surface area contributed by atoms with E-state index in [0.29, 0.717) is 26.2 Å². The zero-order chi connectivity index (χ0) is 66.2. The second-order valence-electron chi connectivity index (χ2n) is 27.4. The van der Waals surface area contributed by atoms with E-state index >= 15 is 0 Å². The maximum Gasteiger partial charge on any atom is 1.00 e. The number of rotatable bonds is 58. The summed E-state index contributed by atoms with van der Waals surface area (Å²) in [6.45, 7) is 8.83. The fraction of sp³-hybridized carbons (Fsp3) is 1.00. The average Bonchev–Trinajstić information content (AvgIpc) is 0.776. The van der Waals surface area contributed by atoms with E-state index in [9.17, 15) is 27.0 Å². The van der Waals surface area contributed by atoms with Crippen LogP contribution in [0.3, 0.4) is 0 Å². The van der Waals surface area contributed by atoms with Crippen molar-refractivity contribution in [3.8, 4) is 0 Å². The van der Waals surface area contributed by atoms with Gasteiger partial charge in [-0.2, -0.15) is 16.8 Å². The van der Waals surface area contributed by atoms with Gasteiger partial charge in [0.15, 0.2) is 0 Å². The van der Waals surface area contributed by atoms with Gasteiger partial charge >= 0.3 is 47.2 Å². The van der Waals surface area contributed by atoms with Crippen LogP contribution in [0.1, 0.15) is 245 Å². The molecule has 0 aromatic heterocycles. The van der Waals surface area contributed by atoms with Crippen molar-refractivity contribution in [1.29, 1.82) is 0 Å². The van der Waals surface area contributed by atoms with Gasteiger partial charge in [-0.25, -0.2) is 0 Å². The van der Waals surface area contributed by atoms with Gasteiger partial charge in [-0.05, 0) is 38.5 Å². The molecule has 0 aromatic carbocycles. The van der Waals surface area contributed by atoms with Crippen LogP contribution < -0.4 is 59.7 Å². The number of quaternary nitrogens is 2. The Morgan fingerprint density at radius 3 is 1.08 bits per heavy atom. The molecule has 3 fully saturated rings. The molecule has 2 bridgehead atoms. The van der Waals surface area contributed by atoms with Gasteiger partial charge in [0.25, 0.3) is 20.2 Å². The molecule has 0 saturated carbocycles. The standard InChI is InChI=1S/C31H63NO7SSi.C26H58NO3Si.C7H17NO7S.2ClH.Na/c1-4-5-6-7-8-9-10-11-12-13-14-15-16-17-18-19-23-32(2,3)24-20-25-41-37-27-31(28-38-41,29-39-41)22-21-30(33)26-40(34,35)36;1-7-8-9-10-11-12-13-14-15-16-17-18-19-20-21-22-24-27(2,3)25-23-26-31(28-4,29-5)30-6;9-3-7(4-10,5-11)8-1-6(12)2-16(13,14)15;;;/h30,33H,4-29H2,1-3H3;7-26H2,1-6H3;6,8-12H,1-5H2,(H,13,14,15);2*1H;/q;+1;;;;+1/p-1. The number of β-amino-alcohol motifs (C(OH)–C–C–N with tert-alkyl or cyclic N) is 1. The Hall–Kier alpha value is 1.27. The summed E-state index contributed by atoms with van der Waals surface area (Å²) < 4.78 is 97.2. The maximum atomic E-state index is 11.0. The van der Waals surface area contributed by atoms with Gasteiger partial charge in [0.2, 0.25) is 0 Å². The van der Waals surface area contributed by atoms with Gasteiger partial charge in [-0.1, -0.05) is 194 Å². The van der Waals surface area contributed by atoms with Crippen molar-refractivity contribution >= 4 is 37.8 Å². The molecule has 3 rings (SSSR count). The SMILES string of the molecule is CCCCCCCCCCCCCCCCCC[N+](C)(C)CCC[Si](OC)(OC)OC.CCCCCCCCCCCCCCCCCC[N+](C)(C)CCC[Si]12OCC(CCC(O)CS(=O)(=O)O)(CO1)CO2.O=S(=O)(O)CC(O)CNC(CO)(CO)CO.[Cl-].[Cl-].[Na+]. The van der Waals surface area contributed by atoms with Gasteiger partial charge in [-0.15, -0.1) is 0 Å². The molecule has 0 spiro atoms. The van der Waals surface area contributed by atoms with Crippen molar-refractivity contribution in [3.05, 3.63) is 0 Å². The molecule has 0 amide bonds. The molecule has 546 valence electrons. The Morgan fingerprint density at radius 1 is 0.495 bits per heavy atom. The summed E-state index contributed by atoms with van der Waals surface area (Å²) >= 11 is 0. The van der Waals surface area contributed by atoms with E-state index in [1.54, 1.807) is 21.3 Å². The molecule has 3 aliphatic heterocycles. The molecular weight excluding hydrogens is 1300 g/mol. The Morgan fingerprint density at radius 2 is 0.780 bits per heavy atom. The van der Waals surface area contributed by atoms with Crippen molar-refractivity contribution < 1.29 is 141 Å². The first-order valence-electron chi connectivity index (χ1n) is 34.8. The van der Waals surface area contributed by atoms with Crippen molar-refractivity contribution in [2.24, 2.45) is 5.41 Å². The predicted octanol–water partition coefficient (Wildman–Crippen LogP) is 1.89. The first kappa shape index (κ1) is 98.7. The van der Waals surface area contributed by atoms with Gasteiger partial charge in [-0.3, -0.25) is 9.11 Å². The van der Waals surface area contributed by atoms with E-state index in [2.05, 4.69) is 47.4 Å². The third-order valence-electron chi connectivity index (χ3n) is 17.9. The van der Waals surface area contributed by atoms with Gasteiger partial charge in [0.05, 0.1) is 91.9 Å². The molecule has 91 heavy (non-hydrogen) atoms. The fourth-order valence-corrected chi connectivity index (χ4v) is 17.4. The van der Waals surface area contributed by atoms with Crippen molar-refractivity contribution in [2.75, 3.05) is 133 Å². The Kier molecular flexibility index (Phi) is 62.8. The van der Waals surface area contributed by atoms with E-state index in [1.165, 1.54) is 219 Å². The van der Waals surface area contributed by atoms with Crippen LogP contribution in [0.4, 0.5) is 0 Å². The number of unbranched alkanes of at least 4 members (excludes halogenated alkanes) is 30. The predicted molar refractivity (Wildman–Crippen MR) is 361 cm³/mol. The Balaban J connectivity index is -0.000000670. The van der Waals surface area contributed by atoms with E-state index < -0.39 is 86.9 Å². The molecule has 0 radical (unpaired) electrons. The molecule has 8 N–H and O–H groups in total. The molecule has 0 aromatic rings. The molecule has 2 atom stereocenters. The molecule has 0 aliphatic carbocycles. The number of aliphatic hydroxyl groups is 5. The Bertz CT molecular complexity index is 1840. The van der Waals surface area contributed by atoms with Crippen LogP contribution in [0.2, 0.25) is 12.1 Å². The minimum absolute atomic E-state index is 0. The number of hydrogen-bond acceptors (Lipinski definition) is 16. The van der Waals surface area contributed by atoms with Crippen LogP contribution in [0.15, 0.2) is 0 Å². The number of aliphatic hydroxyl groups excluding tert-OH is 5. The number of nitrogens with one attached hydrogen (secondary N) is 1. The zero-order valence-electron chi connectivity index (χ0n) is 59.4. The van der Waals surface area contributed by atoms with Crippen LogP contribution in [-0.4, -0.2) is 229 Å². The van der Waals surface area contributed by atoms with Crippen molar-refractivity contribution in [3.63, 3.8) is 0 Å². The molecule has 3 saturated heterocycles. The smallest absolute Gasteiger partial charge is 1.00 e. The van der Waals surface area contributed by atoms with Gasteiger partial charge in [0.1, 0.15) is 11.5 Å². The number of halogens is 2. The number of hydrogen-bond donors (Lipinski definition) is 8. The van der Waals surface area contributed by atoms with Crippen LogP contribution in [0.5, 0.6) is 0 Å². The summed E-state index contributed by atoms with van der Waals surface area (Å²) in [4.78, 5) is 0. The van der Waals surface area contributed by atoms with Crippen molar-refractivity contribution in [2.45, 2.75) is 275 Å². The number of fused-ring (bicyclic) bond motifs is 3. The number of nitrogens with zero attached hydrogens (tertiary/aromatic N) is 2. The molecular formula is C64H139Cl2N3NaO17S2Si2+. The first-order valence-corrected chi connectivity index (χ1v) is 41.9. The zero-order valence-corrected chi connectivity index (χ0v) is 66.5. The van der Waals surface area contributed by atoms with Gasteiger partial charge < -0.3 is 91.2 Å². The van der Waals surface area contributed by atoms with Gasteiger partial charge in [0, 0.05) is 78.0 Å². The summed E-state index contributed by atoms with van der Waals surface area (Å²) in [7, 11) is 0.950. The second-order valence-corrected chi connectivity index (χ2v) is 36.2. The third-order valence-corrected chi connectivity index (χ3v) is 25.1. The topological polar surface area (TPSA) is 277 Å². The molecule has 3 aliphatic rings. The largest absolute Gasteiger partial charge is 1.00 e. The average molecular weight is 1440 g/mol. The van der Waals surface area contributed by atoms with E-state index in [4.69, 9.17) is 51.0 Å². The molecule has 20 nitrogen and oxygen atoms in total. The molecule has 3 heterocycles. The minimum Gasteiger partial charge on any atom is -1.00 e. The summed E-state index contributed by atoms with van der Waals surface area (Å²) in [5.74, 6) is -1.50. The molecule has 27 heteroatoms. The van der Waals surface area contributed by atoms with Crippen molar-refractivity contribution in [1.82, 2.24) is 5.32 Å². The minimum atomic E-state index is -4.29. The van der Waals surface area contributed by atoms with E-state index in [-0.39, 0.29) is 72.8 Å². The summed E-state index contributed by atoms with van der Waals surface area (Å²) in [5.41, 5.74) is -1.72. The summed E-state index contributed by atoms with van der Waals surface area (Å²) in [6.07, 6.45) is 45.7. The molecule has 2 unspecified atom stereocenters. The summed E-state index contributed by atoms with van der Waals surface area (Å²) in [5, 5.41) is 48.2. The van der Waals surface area contributed by atoms with Crippen LogP contribution in [0, 0.1) is 5.41 Å². The quantitative estimate of drug-likeness (QED) is 0.0187. The van der Waals surface area contributed by atoms with E-state index in [0.717, 1.165) is 47.0 Å². The maximum absolute atomic E-state index is 11.0. The monoisotopic (exact) mass is 1430 g/mol. The first-order chi connectivity index (χ1) is 41.7. The van der Waals surface area contributed by atoms with E-state index in [1.807, 2.05) is 0 Å². The Labute approximate surface area is 593 Å². The second kappa shape index (κ2) is 58.0. The fourth-order valence-electron chi connectivity index (χ4n) is 11.6.